The van der Waals surface area contributed by atoms with Crippen LogP contribution in [0.5, 0.6) is 0 Å². The molecule has 0 aliphatic carbocycles. The van der Waals surface area contributed by atoms with Gasteiger partial charge in [0.05, 0.1) is 6.54 Å². The Kier molecular flexibility index (Phi) is 5.91. The summed E-state index contributed by atoms with van der Waals surface area (Å²) in [5.74, 6) is 3.86. The first-order chi connectivity index (χ1) is 9.74. The molecule has 0 aromatic rings. The van der Waals surface area contributed by atoms with Gasteiger partial charge in [0, 0.05) is 6.54 Å². The SMILES string of the molecule is CC(C)(C)OC(=O)NNCC(=O)N1CCC[C@H]1C(=O)ON. The predicted octanol–water partition coefficient (Wildman–Crippen LogP) is -0.576. The normalized spacial score (nSPS) is 18.3. The first kappa shape index (κ1) is 17.2. The second-order valence-corrected chi connectivity index (χ2v) is 5.66. The molecule has 4 N–H and O–H groups in total. The molecule has 1 atom stereocenters. The van der Waals surface area contributed by atoms with Crippen molar-refractivity contribution in [2.24, 2.45) is 5.90 Å². The zero-order chi connectivity index (χ0) is 16.0. The van der Waals surface area contributed by atoms with Crippen LogP contribution in [-0.4, -0.2) is 47.6 Å². The van der Waals surface area contributed by atoms with Gasteiger partial charge in [-0.2, -0.15) is 5.90 Å². The van der Waals surface area contributed by atoms with Crippen molar-refractivity contribution in [3.05, 3.63) is 0 Å². The minimum absolute atomic E-state index is 0.159. The Morgan fingerprint density at radius 2 is 2.00 bits per heavy atom. The van der Waals surface area contributed by atoms with Crippen LogP contribution in [-0.2, 0) is 19.2 Å². The standard InChI is InChI=1S/C12H22N4O5/c1-12(2,3)20-11(19)15-14-7-9(17)16-6-4-5-8(16)10(18)21-13/h8,14H,4-7,13H2,1-3H3,(H,15,19)/t8-/m0/s1. The number of nitrogens with one attached hydrogen (secondary N) is 2. The number of carbonyl (C=O) groups excluding carboxylic acids is 3. The van der Waals surface area contributed by atoms with Gasteiger partial charge in [0.25, 0.3) is 0 Å². The van der Waals surface area contributed by atoms with Gasteiger partial charge in [-0.3, -0.25) is 10.2 Å². The van der Waals surface area contributed by atoms with Gasteiger partial charge in [0.2, 0.25) is 5.91 Å². The molecule has 2 amide bonds. The molecule has 9 heteroatoms. The molecule has 1 heterocycles. The summed E-state index contributed by atoms with van der Waals surface area (Å²) in [6.45, 7) is 5.47. The molecule has 21 heavy (non-hydrogen) atoms. The third-order valence-electron chi connectivity index (χ3n) is 2.79. The van der Waals surface area contributed by atoms with E-state index in [0.29, 0.717) is 19.4 Å². The molecule has 0 saturated carbocycles. The van der Waals surface area contributed by atoms with Crippen LogP contribution in [0.15, 0.2) is 0 Å². The number of amides is 2. The second-order valence-electron chi connectivity index (χ2n) is 5.66. The predicted molar refractivity (Wildman–Crippen MR) is 72.4 cm³/mol. The molecule has 9 nitrogen and oxygen atoms in total. The summed E-state index contributed by atoms with van der Waals surface area (Å²) in [7, 11) is 0. The van der Waals surface area contributed by atoms with Gasteiger partial charge in [0.15, 0.2) is 0 Å². The first-order valence-corrected chi connectivity index (χ1v) is 6.66. The van der Waals surface area contributed by atoms with Gasteiger partial charge in [-0.1, -0.05) is 0 Å². The third kappa shape index (κ3) is 5.56. The number of hydrogen-bond acceptors (Lipinski definition) is 7. The van der Waals surface area contributed by atoms with Crippen LogP contribution in [0.25, 0.3) is 0 Å². The highest BCUT2D eigenvalue weighted by molar-refractivity contribution is 5.86. The molecule has 1 saturated heterocycles. The minimum atomic E-state index is -0.686. The molecule has 1 aliphatic heterocycles. The Hall–Kier alpha value is -1.87. The third-order valence-corrected chi connectivity index (χ3v) is 2.79. The Morgan fingerprint density at radius 1 is 1.33 bits per heavy atom. The van der Waals surface area contributed by atoms with Crippen LogP contribution in [0.4, 0.5) is 4.79 Å². The maximum absolute atomic E-state index is 12.0. The summed E-state index contributed by atoms with van der Waals surface area (Å²) >= 11 is 0. The van der Waals surface area contributed by atoms with Crippen molar-refractivity contribution in [1.82, 2.24) is 15.8 Å². The molecule has 0 aromatic heterocycles. The lowest BCUT2D eigenvalue weighted by Gasteiger charge is -2.23. The van der Waals surface area contributed by atoms with E-state index in [4.69, 9.17) is 10.6 Å². The van der Waals surface area contributed by atoms with Gasteiger partial charge >= 0.3 is 12.1 Å². The zero-order valence-corrected chi connectivity index (χ0v) is 12.5. The summed E-state index contributed by atoms with van der Waals surface area (Å²) < 4.78 is 4.99. The molecule has 1 rings (SSSR count). The van der Waals surface area contributed by atoms with Crippen molar-refractivity contribution in [3.8, 4) is 0 Å². The Labute approximate surface area is 123 Å². The van der Waals surface area contributed by atoms with Crippen molar-refractivity contribution in [2.45, 2.75) is 45.3 Å². The molecule has 1 fully saturated rings. The number of ether oxygens (including phenoxy) is 1. The van der Waals surface area contributed by atoms with Crippen molar-refractivity contribution in [1.29, 1.82) is 0 Å². The van der Waals surface area contributed by atoms with Crippen molar-refractivity contribution < 1.29 is 24.0 Å². The van der Waals surface area contributed by atoms with Crippen LogP contribution in [0.2, 0.25) is 0 Å². The maximum atomic E-state index is 12.0. The van der Waals surface area contributed by atoms with Gasteiger partial charge < -0.3 is 14.5 Å². The Balaban J connectivity index is 2.37. The van der Waals surface area contributed by atoms with E-state index in [1.54, 1.807) is 20.8 Å². The Bertz CT molecular complexity index is 407. The Morgan fingerprint density at radius 3 is 2.57 bits per heavy atom. The molecule has 0 spiro atoms. The van der Waals surface area contributed by atoms with E-state index in [9.17, 15) is 14.4 Å². The summed E-state index contributed by atoms with van der Waals surface area (Å²) in [5, 5.41) is 0. The summed E-state index contributed by atoms with van der Waals surface area (Å²) in [6, 6.07) is -0.661. The fraction of sp³-hybridized carbons (Fsp3) is 0.750. The fourth-order valence-corrected chi connectivity index (χ4v) is 1.99. The van der Waals surface area contributed by atoms with Gasteiger partial charge in [-0.05, 0) is 33.6 Å². The van der Waals surface area contributed by atoms with E-state index in [-0.39, 0.29) is 12.5 Å². The average Bonchev–Trinajstić information content (AvgIpc) is 2.84. The highest BCUT2D eigenvalue weighted by Gasteiger charge is 2.34. The van der Waals surface area contributed by atoms with E-state index in [1.807, 2.05) is 0 Å². The molecule has 0 radical (unpaired) electrons. The van der Waals surface area contributed by atoms with Crippen LogP contribution >= 0.6 is 0 Å². The van der Waals surface area contributed by atoms with E-state index >= 15 is 0 Å². The van der Waals surface area contributed by atoms with Crippen LogP contribution in [0.1, 0.15) is 33.6 Å². The summed E-state index contributed by atoms with van der Waals surface area (Å²) in [4.78, 5) is 40.3. The molecule has 1 aliphatic rings. The van der Waals surface area contributed by atoms with Gasteiger partial charge in [-0.25, -0.2) is 15.0 Å². The van der Waals surface area contributed by atoms with E-state index in [1.165, 1.54) is 4.90 Å². The number of likely N-dealkylation sites (tertiary alicyclic amines) is 1. The topological polar surface area (TPSA) is 123 Å². The lowest BCUT2D eigenvalue weighted by Crippen LogP contribution is -2.49. The monoisotopic (exact) mass is 302 g/mol. The highest BCUT2D eigenvalue weighted by atomic mass is 16.7. The van der Waals surface area contributed by atoms with Crippen molar-refractivity contribution in [2.75, 3.05) is 13.1 Å². The van der Waals surface area contributed by atoms with Crippen LogP contribution < -0.4 is 16.7 Å². The molecular formula is C12H22N4O5. The molecule has 120 valence electrons. The maximum Gasteiger partial charge on any atom is 0.422 e. The van der Waals surface area contributed by atoms with Gasteiger partial charge in [-0.15, -0.1) is 0 Å². The number of hydrogen-bond donors (Lipinski definition) is 3. The minimum Gasteiger partial charge on any atom is -0.443 e. The average molecular weight is 302 g/mol. The molecule has 0 bridgehead atoms. The molecule has 0 unspecified atom stereocenters. The molecule has 0 aromatic carbocycles. The smallest absolute Gasteiger partial charge is 0.422 e. The van der Waals surface area contributed by atoms with Crippen molar-refractivity contribution in [3.63, 3.8) is 0 Å². The number of nitrogens with two attached hydrogens (primary N) is 1. The summed E-state index contributed by atoms with van der Waals surface area (Å²) in [6.07, 6.45) is 0.529. The van der Waals surface area contributed by atoms with E-state index in [2.05, 4.69) is 15.7 Å². The quantitative estimate of drug-likeness (QED) is 0.594. The number of carbonyl (C=O) groups is 3. The largest absolute Gasteiger partial charge is 0.443 e. The number of rotatable bonds is 4. The van der Waals surface area contributed by atoms with Crippen LogP contribution in [0.3, 0.4) is 0 Å². The van der Waals surface area contributed by atoms with E-state index in [0.717, 1.165) is 0 Å². The highest BCUT2D eigenvalue weighted by Crippen LogP contribution is 2.17. The lowest BCUT2D eigenvalue weighted by atomic mass is 10.2. The lowest BCUT2D eigenvalue weighted by molar-refractivity contribution is -0.153. The van der Waals surface area contributed by atoms with Crippen LogP contribution in [0, 0.1) is 0 Å². The number of nitrogens with zero attached hydrogens (tertiary/aromatic N) is 1. The summed E-state index contributed by atoms with van der Waals surface area (Å²) in [5.41, 5.74) is 4.09. The second kappa shape index (κ2) is 7.23. The van der Waals surface area contributed by atoms with E-state index < -0.39 is 23.7 Å². The zero-order valence-electron chi connectivity index (χ0n) is 12.5. The fourth-order valence-electron chi connectivity index (χ4n) is 1.99. The van der Waals surface area contributed by atoms with Gasteiger partial charge in [0.1, 0.15) is 11.6 Å². The molecular weight excluding hydrogens is 280 g/mol. The van der Waals surface area contributed by atoms with Crippen molar-refractivity contribution >= 4 is 18.0 Å². The first-order valence-electron chi connectivity index (χ1n) is 6.66. The number of hydrazine groups is 1.